The Balaban J connectivity index is 1.08. The van der Waals surface area contributed by atoms with Gasteiger partial charge in [0.1, 0.15) is 34.6 Å². The molecule has 9 heteroatoms. The number of ether oxygens (including phenoxy) is 2. The van der Waals surface area contributed by atoms with Crippen molar-refractivity contribution in [2.45, 2.75) is 4.90 Å². The quantitative estimate of drug-likeness (QED) is 0.145. The van der Waals surface area contributed by atoms with Gasteiger partial charge < -0.3 is 9.47 Å². The number of pyridine rings is 2. The minimum absolute atomic E-state index is 0.569. The number of hydrogen-bond donors (Lipinski definition) is 0. The molecular formula is C45H30N6O2S. The Kier molecular flexibility index (Phi) is 7.77. The Labute approximate surface area is 314 Å². The van der Waals surface area contributed by atoms with Crippen molar-refractivity contribution in [2.24, 2.45) is 0 Å². The van der Waals surface area contributed by atoms with E-state index in [1.807, 2.05) is 97.8 Å². The molecular weight excluding hydrogens is 689 g/mol. The molecule has 0 atom stereocenters. The molecule has 0 amide bonds. The van der Waals surface area contributed by atoms with Crippen molar-refractivity contribution in [3.05, 3.63) is 164 Å². The van der Waals surface area contributed by atoms with Crippen LogP contribution in [-0.4, -0.2) is 35.3 Å². The van der Waals surface area contributed by atoms with Crippen LogP contribution in [0.1, 0.15) is 0 Å². The standard InChI is InChI=1S/C45H30N6O2S/c1-54-34-27-48-45(49-28-34)29-22-32(52-30-16-18-37-35-10-2-4-12-39(35)50(41(37)25-30)43-14-6-8-20-46-43)24-33(23-29)53-31-17-19-38-36-11-3-5-13-40(36)51(42(38)26-31)44-15-7-9-21-47-44/h2-28H,1H3. The SMILES string of the molecule is CSc1cnc(-c2cc(Oc3ccc4c5ccccc5n(-c5ccccn5)c4c3)cc(Oc3ccc4c5ccccc5n(-c5ccccn5)c4c3)c2)nc1. The zero-order chi connectivity index (χ0) is 36.0. The van der Waals surface area contributed by atoms with E-state index in [9.17, 15) is 0 Å². The van der Waals surface area contributed by atoms with Crippen LogP contribution >= 0.6 is 11.8 Å². The van der Waals surface area contributed by atoms with Gasteiger partial charge in [-0.25, -0.2) is 19.9 Å². The van der Waals surface area contributed by atoms with Crippen LogP contribution in [-0.2, 0) is 0 Å². The maximum Gasteiger partial charge on any atom is 0.159 e. The van der Waals surface area contributed by atoms with E-state index >= 15 is 0 Å². The smallest absolute Gasteiger partial charge is 0.159 e. The van der Waals surface area contributed by atoms with Crippen molar-refractivity contribution in [3.8, 4) is 46.0 Å². The molecule has 5 aromatic heterocycles. The normalized spacial score (nSPS) is 11.5. The highest BCUT2D eigenvalue weighted by atomic mass is 32.2. The molecule has 5 heterocycles. The number of rotatable bonds is 8. The molecule has 0 saturated heterocycles. The van der Waals surface area contributed by atoms with Crippen molar-refractivity contribution >= 4 is 55.4 Å². The van der Waals surface area contributed by atoms with Crippen molar-refractivity contribution in [1.29, 1.82) is 0 Å². The Bertz CT molecular complexity index is 2800. The second kappa shape index (κ2) is 13.2. The Morgan fingerprint density at radius 3 is 1.41 bits per heavy atom. The van der Waals surface area contributed by atoms with E-state index in [2.05, 4.69) is 102 Å². The second-order valence-corrected chi connectivity index (χ2v) is 13.7. The highest BCUT2D eigenvalue weighted by Gasteiger charge is 2.17. The van der Waals surface area contributed by atoms with Gasteiger partial charge in [0.2, 0.25) is 0 Å². The van der Waals surface area contributed by atoms with Gasteiger partial charge in [0.05, 0.1) is 22.1 Å². The molecule has 54 heavy (non-hydrogen) atoms. The first-order chi connectivity index (χ1) is 26.7. The summed E-state index contributed by atoms with van der Waals surface area (Å²) in [6, 6.07) is 46.7. The minimum Gasteiger partial charge on any atom is -0.457 e. The third-order valence-electron chi connectivity index (χ3n) is 9.52. The lowest BCUT2D eigenvalue weighted by Crippen LogP contribution is -1.97. The summed E-state index contributed by atoms with van der Waals surface area (Å²) in [6.45, 7) is 0. The van der Waals surface area contributed by atoms with Crippen molar-refractivity contribution in [2.75, 3.05) is 6.26 Å². The highest BCUT2D eigenvalue weighted by molar-refractivity contribution is 7.98. The summed E-state index contributed by atoms with van der Waals surface area (Å²) in [5.41, 5.74) is 4.90. The molecule has 0 spiro atoms. The van der Waals surface area contributed by atoms with Gasteiger partial charge in [-0.05, 0) is 79.1 Å². The monoisotopic (exact) mass is 718 g/mol. The Morgan fingerprint density at radius 2 is 0.926 bits per heavy atom. The molecule has 0 radical (unpaired) electrons. The molecule has 0 saturated carbocycles. The largest absolute Gasteiger partial charge is 0.457 e. The van der Waals surface area contributed by atoms with Crippen LogP contribution in [0.25, 0.3) is 66.6 Å². The zero-order valence-electron chi connectivity index (χ0n) is 29.0. The minimum atomic E-state index is 0.569. The average molecular weight is 719 g/mol. The predicted octanol–water partition coefficient (Wildman–Crippen LogP) is 11.4. The number of benzene rings is 5. The van der Waals surface area contributed by atoms with E-state index in [-0.39, 0.29) is 0 Å². The molecule has 0 aliphatic carbocycles. The molecule has 0 N–H and O–H groups in total. The summed E-state index contributed by atoms with van der Waals surface area (Å²) in [6.07, 6.45) is 9.29. The average Bonchev–Trinajstić information content (AvgIpc) is 3.73. The molecule has 0 aliphatic rings. The highest BCUT2D eigenvalue weighted by Crippen LogP contribution is 2.39. The summed E-state index contributed by atoms with van der Waals surface area (Å²) >= 11 is 1.60. The first kappa shape index (κ1) is 31.7. The van der Waals surface area contributed by atoms with Gasteiger partial charge in [-0.15, -0.1) is 11.8 Å². The number of fused-ring (bicyclic) bond motifs is 6. The van der Waals surface area contributed by atoms with E-state index in [0.717, 1.165) is 65.7 Å². The van der Waals surface area contributed by atoms with Gasteiger partial charge in [-0.2, -0.15) is 0 Å². The number of thioether (sulfide) groups is 1. The van der Waals surface area contributed by atoms with Crippen LogP contribution in [0.4, 0.5) is 0 Å². The van der Waals surface area contributed by atoms with Gasteiger partial charge in [0.25, 0.3) is 0 Å². The first-order valence-electron chi connectivity index (χ1n) is 17.5. The van der Waals surface area contributed by atoms with Crippen molar-refractivity contribution in [1.82, 2.24) is 29.1 Å². The van der Waals surface area contributed by atoms with Gasteiger partial charge in [-0.1, -0.05) is 48.5 Å². The van der Waals surface area contributed by atoms with E-state index in [1.165, 1.54) is 0 Å². The second-order valence-electron chi connectivity index (χ2n) is 12.8. The Hall–Kier alpha value is -6.97. The summed E-state index contributed by atoms with van der Waals surface area (Å²) < 4.78 is 17.7. The van der Waals surface area contributed by atoms with Crippen LogP contribution in [0.3, 0.4) is 0 Å². The number of para-hydroxylation sites is 2. The van der Waals surface area contributed by atoms with E-state index in [1.54, 1.807) is 11.8 Å². The topological polar surface area (TPSA) is 79.9 Å². The summed E-state index contributed by atoms with van der Waals surface area (Å²) in [4.78, 5) is 19.7. The van der Waals surface area contributed by atoms with E-state index in [4.69, 9.17) is 9.47 Å². The third kappa shape index (κ3) is 5.58. The fourth-order valence-corrected chi connectivity index (χ4v) is 7.47. The molecule has 0 unspecified atom stereocenters. The van der Waals surface area contributed by atoms with E-state index < -0.39 is 0 Å². The number of hydrogen-bond acceptors (Lipinski definition) is 7. The van der Waals surface area contributed by atoms with Gasteiger partial charge in [-0.3, -0.25) is 9.13 Å². The van der Waals surface area contributed by atoms with Crippen LogP contribution < -0.4 is 9.47 Å². The van der Waals surface area contributed by atoms with Crippen molar-refractivity contribution < 1.29 is 9.47 Å². The fraction of sp³-hybridized carbons (Fsp3) is 0.0222. The maximum absolute atomic E-state index is 6.66. The molecule has 258 valence electrons. The zero-order valence-corrected chi connectivity index (χ0v) is 29.8. The van der Waals surface area contributed by atoms with Gasteiger partial charge in [0.15, 0.2) is 5.82 Å². The van der Waals surface area contributed by atoms with Gasteiger partial charge >= 0.3 is 0 Å². The first-order valence-corrected chi connectivity index (χ1v) is 18.7. The Morgan fingerprint density at radius 1 is 0.444 bits per heavy atom. The molecule has 0 bridgehead atoms. The van der Waals surface area contributed by atoms with E-state index in [0.29, 0.717) is 28.8 Å². The molecule has 0 aliphatic heterocycles. The summed E-state index contributed by atoms with van der Waals surface area (Å²) in [5, 5.41) is 4.52. The summed E-state index contributed by atoms with van der Waals surface area (Å²) in [5.74, 6) is 4.76. The molecule has 10 rings (SSSR count). The molecule has 5 aromatic carbocycles. The van der Waals surface area contributed by atoms with Crippen LogP contribution in [0.15, 0.2) is 169 Å². The predicted molar refractivity (Wildman–Crippen MR) is 217 cm³/mol. The number of nitrogens with zero attached hydrogens (tertiary/aromatic N) is 6. The lowest BCUT2D eigenvalue weighted by atomic mass is 10.1. The van der Waals surface area contributed by atoms with Crippen LogP contribution in [0.5, 0.6) is 23.0 Å². The molecule has 0 fully saturated rings. The van der Waals surface area contributed by atoms with Crippen LogP contribution in [0, 0.1) is 0 Å². The molecule has 8 nitrogen and oxygen atoms in total. The lowest BCUT2D eigenvalue weighted by molar-refractivity contribution is 0.461. The maximum atomic E-state index is 6.66. The van der Waals surface area contributed by atoms with Gasteiger partial charge in [0, 0.05) is 75.0 Å². The van der Waals surface area contributed by atoms with Crippen LogP contribution in [0.2, 0.25) is 0 Å². The summed E-state index contributed by atoms with van der Waals surface area (Å²) in [7, 11) is 0. The number of aromatic nitrogens is 6. The lowest BCUT2D eigenvalue weighted by Gasteiger charge is -2.13. The fourth-order valence-electron chi connectivity index (χ4n) is 7.15. The third-order valence-corrected chi connectivity index (χ3v) is 10.2. The van der Waals surface area contributed by atoms with Crippen molar-refractivity contribution in [3.63, 3.8) is 0 Å². The molecule has 10 aromatic rings.